The van der Waals surface area contributed by atoms with Crippen molar-refractivity contribution in [1.82, 2.24) is 20.2 Å². The van der Waals surface area contributed by atoms with Crippen molar-refractivity contribution in [3.63, 3.8) is 0 Å². The summed E-state index contributed by atoms with van der Waals surface area (Å²) >= 11 is 1.45. The molecule has 13 heavy (non-hydrogen) atoms. The van der Waals surface area contributed by atoms with Crippen molar-refractivity contribution in [1.29, 1.82) is 0 Å². The summed E-state index contributed by atoms with van der Waals surface area (Å²) in [7, 11) is 0. The Bertz CT molecular complexity index is 200. The number of rotatable bonds is 7. The molecular formula is C8H16N4S. The molecule has 0 bridgehead atoms. The van der Waals surface area contributed by atoms with Crippen molar-refractivity contribution in [3.05, 3.63) is 11.1 Å². The SMILES string of the molecule is CCNCCCNCc1cnns1. The molecule has 0 radical (unpaired) electrons. The van der Waals surface area contributed by atoms with Gasteiger partial charge in [0.15, 0.2) is 0 Å². The molecule has 0 aliphatic heterocycles. The molecule has 0 saturated carbocycles. The molecule has 0 amide bonds. The lowest BCUT2D eigenvalue weighted by Gasteiger charge is -2.02. The summed E-state index contributed by atoms with van der Waals surface area (Å²) in [4.78, 5) is 1.20. The first-order valence-corrected chi connectivity index (χ1v) is 5.38. The van der Waals surface area contributed by atoms with Gasteiger partial charge in [0.25, 0.3) is 0 Å². The summed E-state index contributed by atoms with van der Waals surface area (Å²) in [5, 5.41) is 10.4. The third-order valence-corrected chi connectivity index (χ3v) is 2.32. The third kappa shape index (κ3) is 4.92. The molecule has 5 heteroatoms. The third-order valence-electron chi connectivity index (χ3n) is 1.66. The highest BCUT2D eigenvalue weighted by molar-refractivity contribution is 7.05. The van der Waals surface area contributed by atoms with Crippen LogP contribution in [0.3, 0.4) is 0 Å². The van der Waals surface area contributed by atoms with Crippen LogP contribution in [0.15, 0.2) is 6.20 Å². The molecular weight excluding hydrogens is 184 g/mol. The summed E-state index contributed by atoms with van der Waals surface area (Å²) in [6.07, 6.45) is 2.97. The Morgan fingerprint density at radius 1 is 1.38 bits per heavy atom. The van der Waals surface area contributed by atoms with E-state index in [9.17, 15) is 0 Å². The van der Waals surface area contributed by atoms with Crippen LogP contribution in [0, 0.1) is 0 Å². The first-order valence-electron chi connectivity index (χ1n) is 4.61. The van der Waals surface area contributed by atoms with E-state index in [2.05, 4.69) is 27.1 Å². The fraction of sp³-hybridized carbons (Fsp3) is 0.750. The van der Waals surface area contributed by atoms with Gasteiger partial charge in [-0.1, -0.05) is 11.4 Å². The zero-order valence-corrected chi connectivity index (χ0v) is 8.73. The van der Waals surface area contributed by atoms with E-state index < -0.39 is 0 Å². The highest BCUT2D eigenvalue weighted by Gasteiger charge is 1.93. The van der Waals surface area contributed by atoms with Gasteiger partial charge >= 0.3 is 0 Å². The average Bonchev–Trinajstić information content (AvgIpc) is 2.63. The lowest BCUT2D eigenvalue weighted by molar-refractivity contribution is 0.608. The largest absolute Gasteiger partial charge is 0.317 e. The molecule has 0 aliphatic rings. The molecule has 4 nitrogen and oxygen atoms in total. The van der Waals surface area contributed by atoms with Crippen LogP contribution in [-0.4, -0.2) is 29.2 Å². The topological polar surface area (TPSA) is 49.8 Å². The van der Waals surface area contributed by atoms with Gasteiger partial charge in [0.2, 0.25) is 0 Å². The second-order valence-electron chi connectivity index (χ2n) is 2.77. The quantitative estimate of drug-likeness (QED) is 0.634. The van der Waals surface area contributed by atoms with Crippen molar-refractivity contribution in [2.24, 2.45) is 0 Å². The molecule has 74 valence electrons. The minimum atomic E-state index is 0.893. The van der Waals surface area contributed by atoms with Crippen molar-refractivity contribution in [3.8, 4) is 0 Å². The van der Waals surface area contributed by atoms with Crippen LogP contribution < -0.4 is 10.6 Å². The Hall–Kier alpha value is -0.520. The molecule has 0 aromatic carbocycles. The Morgan fingerprint density at radius 2 is 2.23 bits per heavy atom. The maximum absolute atomic E-state index is 3.79. The number of hydrogen-bond donors (Lipinski definition) is 2. The summed E-state index contributed by atoms with van der Waals surface area (Å²) in [5.41, 5.74) is 0. The molecule has 0 atom stereocenters. The first-order chi connectivity index (χ1) is 6.43. The fourth-order valence-corrected chi connectivity index (χ4v) is 1.45. The predicted molar refractivity (Wildman–Crippen MR) is 54.8 cm³/mol. The van der Waals surface area contributed by atoms with Crippen LogP contribution in [0.4, 0.5) is 0 Å². The van der Waals surface area contributed by atoms with Crippen molar-refractivity contribution in [2.45, 2.75) is 19.9 Å². The summed E-state index contributed by atoms with van der Waals surface area (Å²) in [6.45, 7) is 6.20. The molecule has 0 spiro atoms. The molecule has 0 fully saturated rings. The summed E-state index contributed by atoms with van der Waals surface area (Å²) in [6, 6.07) is 0. The number of nitrogens with one attached hydrogen (secondary N) is 2. The van der Waals surface area contributed by atoms with Gasteiger partial charge in [0.1, 0.15) is 0 Å². The Morgan fingerprint density at radius 3 is 2.92 bits per heavy atom. The summed E-state index contributed by atoms with van der Waals surface area (Å²) < 4.78 is 3.79. The Balaban J connectivity index is 1.90. The van der Waals surface area contributed by atoms with E-state index in [0.717, 1.165) is 26.2 Å². The van der Waals surface area contributed by atoms with Gasteiger partial charge in [-0.15, -0.1) is 5.10 Å². The predicted octanol–water partition coefficient (Wildman–Crippen LogP) is 0.627. The minimum absolute atomic E-state index is 0.893. The molecule has 1 rings (SSSR count). The van der Waals surface area contributed by atoms with Crippen LogP contribution in [0.1, 0.15) is 18.2 Å². The molecule has 0 aliphatic carbocycles. The van der Waals surface area contributed by atoms with Crippen LogP contribution in [0.2, 0.25) is 0 Å². The monoisotopic (exact) mass is 200 g/mol. The second kappa shape index (κ2) is 6.94. The van der Waals surface area contributed by atoms with E-state index in [-0.39, 0.29) is 0 Å². The van der Waals surface area contributed by atoms with Gasteiger partial charge in [0.05, 0.1) is 11.1 Å². The van der Waals surface area contributed by atoms with Gasteiger partial charge < -0.3 is 10.6 Å². The smallest absolute Gasteiger partial charge is 0.0666 e. The maximum atomic E-state index is 3.79. The van der Waals surface area contributed by atoms with Crippen molar-refractivity contribution in [2.75, 3.05) is 19.6 Å². The molecule has 0 unspecified atom stereocenters. The number of nitrogens with zero attached hydrogens (tertiary/aromatic N) is 2. The van der Waals surface area contributed by atoms with Crippen LogP contribution in [0.25, 0.3) is 0 Å². The first kappa shape index (κ1) is 10.6. The minimum Gasteiger partial charge on any atom is -0.317 e. The summed E-state index contributed by atoms with van der Waals surface area (Å²) in [5.74, 6) is 0. The number of aromatic nitrogens is 2. The average molecular weight is 200 g/mol. The normalized spacial score (nSPS) is 10.5. The lowest BCUT2D eigenvalue weighted by Crippen LogP contribution is -2.21. The second-order valence-corrected chi connectivity index (χ2v) is 3.64. The molecule has 0 saturated heterocycles. The Labute approximate surface area is 82.9 Å². The van der Waals surface area contributed by atoms with Crippen LogP contribution >= 0.6 is 11.5 Å². The highest BCUT2D eigenvalue weighted by atomic mass is 32.1. The van der Waals surface area contributed by atoms with E-state index in [1.165, 1.54) is 22.8 Å². The van der Waals surface area contributed by atoms with Gasteiger partial charge in [-0.25, -0.2) is 0 Å². The van der Waals surface area contributed by atoms with Gasteiger partial charge in [-0.3, -0.25) is 0 Å². The highest BCUT2D eigenvalue weighted by Crippen LogP contribution is 1.99. The van der Waals surface area contributed by atoms with E-state index in [1.54, 1.807) is 0 Å². The zero-order valence-electron chi connectivity index (χ0n) is 7.92. The Kier molecular flexibility index (Phi) is 5.64. The van der Waals surface area contributed by atoms with Crippen LogP contribution in [-0.2, 0) is 6.54 Å². The maximum Gasteiger partial charge on any atom is 0.0666 e. The fourth-order valence-electron chi connectivity index (χ4n) is 0.992. The molecule has 1 aromatic rings. The zero-order chi connectivity index (χ0) is 9.36. The van der Waals surface area contributed by atoms with E-state index in [1.807, 2.05) is 6.20 Å². The van der Waals surface area contributed by atoms with E-state index in [0.29, 0.717) is 0 Å². The molecule has 1 heterocycles. The number of hydrogen-bond acceptors (Lipinski definition) is 5. The van der Waals surface area contributed by atoms with E-state index in [4.69, 9.17) is 0 Å². The molecule has 2 N–H and O–H groups in total. The standard InChI is InChI=1S/C8H16N4S/c1-2-9-4-3-5-10-6-8-7-11-12-13-8/h7,9-10H,2-6H2,1H3. The van der Waals surface area contributed by atoms with Crippen LogP contribution in [0.5, 0.6) is 0 Å². The van der Waals surface area contributed by atoms with Gasteiger partial charge in [-0.05, 0) is 37.6 Å². The van der Waals surface area contributed by atoms with Crippen molar-refractivity contribution >= 4 is 11.5 Å². The van der Waals surface area contributed by atoms with Crippen molar-refractivity contribution < 1.29 is 0 Å². The van der Waals surface area contributed by atoms with E-state index >= 15 is 0 Å². The van der Waals surface area contributed by atoms with Gasteiger partial charge in [-0.2, -0.15) is 0 Å². The van der Waals surface area contributed by atoms with Gasteiger partial charge in [0, 0.05) is 6.54 Å². The lowest BCUT2D eigenvalue weighted by atomic mass is 10.4. The molecule has 1 aromatic heterocycles.